The van der Waals surface area contributed by atoms with Crippen LogP contribution in [0.15, 0.2) is 29.0 Å². The second kappa shape index (κ2) is 8.04. The van der Waals surface area contributed by atoms with Gasteiger partial charge in [0.1, 0.15) is 22.8 Å². The van der Waals surface area contributed by atoms with E-state index < -0.39 is 52.3 Å². The van der Waals surface area contributed by atoms with Crippen LogP contribution in [0.3, 0.4) is 0 Å². The van der Waals surface area contributed by atoms with Gasteiger partial charge in [-0.15, -0.1) is 0 Å². The summed E-state index contributed by atoms with van der Waals surface area (Å²) < 4.78 is 0. The monoisotopic (exact) mass is 455 g/mol. The van der Waals surface area contributed by atoms with Crippen LogP contribution >= 0.6 is 0 Å². The predicted molar refractivity (Wildman–Crippen MR) is 117 cm³/mol. The van der Waals surface area contributed by atoms with E-state index in [-0.39, 0.29) is 48.6 Å². The van der Waals surface area contributed by atoms with Gasteiger partial charge in [0, 0.05) is 17.7 Å². The maximum atomic E-state index is 13.4. The van der Waals surface area contributed by atoms with E-state index in [1.165, 1.54) is 12.1 Å². The van der Waals surface area contributed by atoms with Crippen molar-refractivity contribution >= 4 is 34.8 Å². The molecule has 2 amide bonds. The highest BCUT2D eigenvalue weighted by Crippen LogP contribution is 2.51. The first kappa shape index (κ1) is 22.5. The number of nitrogens with one attached hydrogen (secondary N) is 1. The average Bonchev–Trinajstić information content (AvgIpc) is 2.68. The molecule has 4 rings (SSSR count). The number of carbonyl (C=O) groups excluding carboxylic acids is 4. The van der Waals surface area contributed by atoms with Gasteiger partial charge in [-0.25, -0.2) is 0 Å². The fourth-order valence-corrected chi connectivity index (χ4v) is 5.24. The van der Waals surface area contributed by atoms with Crippen LogP contribution in [-0.4, -0.2) is 64.2 Å². The van der Waals surface area contributed by atoms with Gasteiger partial charge in [0.15, 0.2) is 11.6 Å². The van der Waals surface area contributed by atoms with Crippen molar-refractivity contribution in [2.45, 2.75) is 19.3 Å². The fourth-order valence-electron chi connectivity index (χ4n) is 5.24. The number of Topliss-reactive ketones (excluding diaryl/α,β-unsaturated/α-hetero) is 2. The lowest BCUT2D eigenvalue weighted by Gasteiger charge is -2.41. The Morgan fingerprint density at radius 1 is 1.15 bits per heavy atom. The molecule has 0 spiro atoms. The summed E-state index contributed by atoms with van der Waals surface area (Å²) in [6.45, 7) is 0.129. The summed E-state index contributed by atoms with van der Waals surface area (Å²) in [5.74, 6) is -6.17. The Balaban J connectivity index is 1.79. The normalized spacial score (nSPS) is 24.4. The first-order valence-corrected chi connectivity index (χ1v) is 10.5. The van der Waals surface area contributed by atoms with E-state index in [1.54, 1.807) is 19.0 Å². The first-order chi connectivity index (χ1) is 15.5. The molecule has 1 aromatic carbocycles. The number of ketones is 2. The Morgan fingerprint density at radius 3 is 2.48 bits per heavy atom. The molecule has 0 bridgehead atoms. The van der Waals surface area contributed by atoms with Crippen molar-refractivity contribution in [3.8, 4) is 5.75 Å². The number of aliphatic hydroxyl groups excluding tert-OH is 2. The van der Waals surface area contributed by atoms with Crippen LogP contribution in [-0.2, 0) is 25.6 Å². The molecule has 0 aromatic heterocycles. The van der Waals surface area contributed by atoms with Gasteiger partial charge in [-0.05, 0) is 56.5 Å². The third-order valence-electron chi connectivity index (χ3n) is 6.51. The lowest BCUT2D eigenvalue weighted by molar-refractivity contribution is -0.127. The Bertz CT molecular complexity index is 1160. The van der Waals surface area contributed by atoms with Crippen molar-refractivity contribution in [2.24, 2.45) is 23.5 Å². The zero-order valence-electron chi connectivity index (χ0n) is 18.2. The number of phenolic OH excluding ortho intramolecular Hbond substituents is 1. The van der Waals surface area contributed by atoms with Gasteiger partial charge in [0.25, 0.3) is 5.91 Å². The molecule has 0 saturated heterocycles. The molecule has 3 aliphatic carbocycles. The standard InChI is InChI=1S/C23H25N3O7/c1-26(2)8-15(29)25-12-3-4-13(27)18-11(12)6-9-5-10-7-14(28)19(23(24)33)22(32)17(10)20(30)16(9)21(18)31/h3-4,9-10,17,27,31-32H,5-8H2,1-2H3,(H2,24,33)(H,25,29). The number of nitrogens with two attached hydrogens (primary N) is 1. The maximum absolute atomic E-state index is 13.4. The molecular weight excluding hydrogens is 430 g/mol. The van der Waals surface area contributed by atoms with Crippen LogP contribution in [0.4, 0.5) is 5.69 Å². The Hall–Kier alpha value is -3.66. The molecule has 1 saturated carbocycles. The molecule has 0 heterocycles. The number of aromatic hydroxyl groups is 1. The Kier molecular flexibility index (Phi) is 5.49. The van der Waals surface area contributed by atoms with Gasteiger partial charge in [0.05, 0.1) is 18.0 Å². The molecule has 1 aromatic rings. The van der Waals surface area contributed by atoms with Gasteiger partial charge in [0.2, 0.25) is 5.91 Å². The van der Waals surface area contributed by atoms with Crippen molar-refractivity contribution in [3.63, 3.8) is 0 Å². The highest BCUT2D eigenvalue weighted by Gasteiger charge is 2.51. The molecule has 0 aliphatic heterocycles. The van der Waals surface area contributed by atoms with Crippen LogP contribution < -0.4 is 11.1 Å². The van der Waals surface area contributed by atoms with Crippen molar-refractivity contribution in [1.82, 2.24) is 4.90 Å². The molecule has 10 nitrogen and oxygen atoms in total. The summed E-state index contributed by atoms with van der Waals surface area (Å²) in [4.78, 5) is 51.4. The number of aliphatic hydroxyl groups is 2. The molecule has 1 fully saturated rings. The summed E-state index contributed by atoms with van der Waals surface area (Å²) in [5, 5.41) is 34.8. The van der Waals surface area contributed by atoms with E-state index in [0.717, 1.165) is 0 Å². The van der Waals surface area contributed by atoms with Gasteiger partial charge in [-0.3, -0.25) is 19.2 Å². The number of nitrogens with zero attached hydrogens (tertiary/aromatic N) is 1. The number of anilines is 1. The van der Waals surface area contributed by atoms with Crippen molar-refractivity contribution in [1.29, 1.82) is 0 Å². The van der Waals surface area contributed by atoms with Crippen molar-refractivity contribution in [2.75, 3.05) is 26.0 Å². The van der Waals surface area contributed by atoms with Crippen LogP contribution in [0.25, 0.3) is 5.76 Å². The number of carbonyl (C=O) groups is 4. The average molecular weight is 455 g/mol. The van der Waals surface area contributed by atoms with Crippen LogP contribution in [0.2, 0.25) is 0 Å². The number of hydrogen-bond donors (Lipinski definition) is 5. The molecule has 3 unspecified atom stereocenters. The first-order valence-electron chi connectivity index (χ1n) is 10.5. The minimum Gasteiger partial charge on any atom is -0.511 e. The largest absolute Gasteiger partial charge is 0.511 e. The molecule has 3 aliphatic rings. The van der Waals surface area contributed by atoms with Gasteiger partial charge in [-0.1, -0.05) is 0 Å². The van der Waals surface area contributed by atoms with E-state index in [4.69, 9.17) is 5.73 Å². The molecule has 0 radical (unpaired) electrons. The van der Waals surface area contributed by atoms with Gasteiger partial charge in [-0.2, -0.15) is 0 Å². The highest BCUT2D eigenvalue weighted by molar-refractivity contribution is 6.21. The molecular formula is C23H25N3O7. The number of benzene rings is 1. The second-order valence-electron chi connectivity index (χ2n) is 9.02. The van der Waals surface area contributed by atoms with Gasteiger partial charge >= 0.3 is 0 Å². The topological polar surface area (TPSA) is 170 Å². The van der Waals surface area contributed by atoms with E-state index in [0.29, 0.717) is 11.3 Å². The van der Waals surface area contributed by atoms with Crippen LogP contribution in [0.1, 0.15) is 24.0 Å². The highest BCUT2D eigenvalue weighted by atomic mass is 16.3. The minimum absolute atomic E-state index is 0.0283. The third-order valence-corrected chi connectivity index (χ3v) is 6.51. The minimum atomic E-state index is -1.16. The molecule has 6 N–H and O–H groups in total. The fraction of sp³-hybridized carbons (Fsp3) is 0.391. The summed E-state index contributed by atoms with van der Waals surface area (Å²) in [6, 6.07) is 2.85. The Morgan fingerprint density at radius 2 is 1.85 bits per heavy atom. The number of phenols is 1. The zero-order chi connectivity index (χ0) is 24.2. The van der Waals surface area contributed by atoms with E-state index in [9.17, 15) is 34.5 Å². The van der Waals surface area contributed by atoms with Crippen molar-refractivity contribution < 1.29 is 34.5 Å². The van der Waals surface area contributed by atoms with E-state index >= 15 is 0 Å². The smallest absolute Gasteiger partial charge is 0.255 e. The lowest BCUT2D eigenvalue weighted by Crippen LogP contribution is -2.44. The summed E-state index contributed by atoms with van der Waals surface area (Å²) in [6.07, 6.45) is 0.400. The van der Waals surface area contributed by atoms with Gasteiger partial charge < -0.3 is 31.3 Å². The molecule has 33 heavy (non-hydrogen) atoms. The number of hydrogen-bond acceptors (Lipinski definition) is 8. The van der Waals surface area contributed by atoms with E-state index in [1.807, 2.05) is 0 Å². The number of fused-ring (bicyclic) bond motifs is 3. The number of likely N-dealkylation sites (N-methyl/N-ethyl adjacent to an activating group) is 1. The SMILES string of the molecule is CN(C)CC(=O)Nc1ccc(O)c2c1CC1CC3CC(=O)C(C(N)=O)=C(O)C3C(=O)C1=C2O. The molecule has 10 heteroatoms. The summed E-state index contributed by atoms with van der Waals surface area (Å²) >= 11 is 0. The third kappa shape index (κ3) is 3.66. The van der Waals surface area contributed by atoms with Crippen molar-refractivity contribution in [3.05, 3.63) is 40.2 Å². The molecule has 3 atom stereocenters. The predicted octanol–water partition coefficient (Wildman–Crippen LogP) is 0.809. The lowest BCUT2D eigenvalue weighted by atomic mass is 9.61. The zero-order valence-corrected chi connectivity index (χ0v) is 18.2. The van der Waals surface area contributed by atoms with E-state index in [2.05, 4.69) is 5.32 Å². The number of primary amides is 1. The number of rotatable bonds is 4. The maximum Gasteiger partial charge on any atom is 0.255 e. The quantitative estimate of drug-likeness (QED) is 0.328. The molecule has 174 valence electrons. The number of allylic oxidation sites excluding steroid dienone is 2. The Labute approximate surface area is 189 Å². The number of amides is 2. The summed E-state index contributed by atoms with van der Waals surface area (Å²) in [5.41, 5.74) is 5.61. The summed E-state index contributed by atoms with van der Waals surface area (Å²) in [7, 11) is 3.49. The second-order valence-corrected chi connectivity index (χ2v) is 9.02. The van der Waals surface area contributed by atoms with Crippen LogP contribution in [0, 0.1) is 17.8 Å². The van der Waals surface area contributed by atoms with Crippen LogP contribution in [0.5, 0.6) is 5.75 Å².